The summed E-state index contributed by atoms with van der Waals surface area (Å²) in [5.74, 6) is 0.504. The number of aryl methyl sites for hydroxylation is 1. The number of carbonyl (C=O) groups excluding carboxylic acids is 1. The van der Waals surface area contributed by atoms with Crippen LogP contribution in [0.2, 0.25) is 5.15 Å². The highest BCUT2D eigenvalue weighted by molar-refractivity contribution is 6.29. The third-order valence-electron chi connectivity index (χ3n) is 4.82. The van der Waals surface area contributed by atoms with Gasteiger partial charge in [0.2, 0.25) is 0 Å². The highest BCUT2D eigenvalue weighted by atomic mass is 35.5. The molecule has 2 aromatic heterocycles. The van der Waals surface area contributed by atoms with Crippen LogP contribution in [0, 0.1) is 6.92 Å². The van der Waals surface area contributed by atoms with Gasteiger partial charge in [-0.05, 0) is 38.3 Å². The molecule has 28 heavy (non-hydrogen) atoms. The second-order valence-corrected chi connectivity index (χ2v) is 7.21. The minimum Gasteiger partial charge on any atom is -0.364 e. The molecule has 4 rings (SSSR count). The molecule has 2 atom stereocenters. The van der Waals surface area contributed by atoms with Crippen LogP contribution in [0.3, 0.4) is 0 Å². The Morgan fingerprint density at radius 1 is 1.14 bits per heavy atom. The first kappa shape index (κ1) is 18.4. The fourth-order valence-electron chi connectivity index (χ4n) is 3.47. The Kier molecular flexibility index (Phi) is 5.21. The van der Waals surface area contributed by atoms with Crippen molar-refractivity contribution in [2.75, 3.05) is 5.32 Å². The van der Waals surface area contributed by atoms with Gasteiger partial charge in [0.05, 0.1) is 36.0 Å². The van der Waals surface area contributed by atoms with E-state index in [0.717, 1.165) is 24.8 Å². The largest absolute Gasteiger partial charge is 0.364 e. The van der Waals surface area contributed by atoms with E-state index >= 15 is 0 Å². The van der Waals surface area contributed by atoms with Gasteiger partial charge in [-0.2, -0.15) is 15.0 Å². The molecule has 0 spiro atoms. The Labute approximate surface area is 167 Å². The lowest BCUT2D eigenvalue weighted by Crippen LogP contribution is -2.43. The van der Waals surface area contributed by atoms with Crippen LogP contribution in [-0.4, -0.2) is 43.0 Å². The molecule has 1 unspecified atom stereocenters. The molecule has 2 N–H and O–H groups in total. The van der Waals surface area contributed by atoms with E-state index in [1.807, 2.05) is 25.1 Å². The zero-order valence-electron chi connectivity index (χ0n) is 15.3. The molecule has 3 aromatic rings. The molecular weight excluding hydrogens is 378 g/mol. The number of halogens is 1. The predicted molar refractivity (Wildman–Crippen MR) is 106 cm³/mol. The average molecular weight is 398 g/mol. The first-order valence-electron chi connectivity index (χ1n) is 9.12. The number of nitrogens with one attached hydrogen (secondary N) is 2. The third-order valence-corrected chi connectivity index (χ3v) is 5.01. The van der Waals surface area contributed by atoms with Crippen molar-refractivity contribution in [1.29, 1.82) is 0 Å². The van der Waals surface area contributed by atoms with Gasteiger partial charge in [-0.15, -0.1) is 0 Å². The Morgan fingerprint density at radius 3 is 2.68 bits per heavy atom. The normalized spacial score (nSPS) is 18.8. The number of hydrogen-bond donors (Lipinski definition) is 2. The first-order chi connectivity index (χ1) is 13.6. The number of rotatable bonds is 5. The van der Waals surface area contributed by atoms with Crippen molar-refractivity contribution in [1.82, 2.24) is 30.3 Å². The van der Waals surface area contributed by atoms with Gasteiger partial charge in [0, 0.05) is 12.1 Å². The number of anilines is 1. The van der Waals surface area contributed by atoms with E-state index in [1.165, 1.54) is 11.0 Å². The summed E-state index contributed by atoms with van der Waals surface area (Å²) in [6.07, 6.45) is 9.13. The number of amides is 1. The Balaban J connectivity index is 1.51. The van der Waals surface area contributed by atoms with Crippen molar-refractivity contribution < 1.29 is 4.79 Å². The smallest absolute Gasteiger partial charge is 0.253 e. The predicted octanol–water partition coefficient (Wildman–Crippen LogP) is 2.78. The van der Waals surface area contributed by atoms with Crippen molar-refractivity contribution in [3.05, 3.63) is 59.3 Å². The van der Waals surface area contributed by atoms with Gasteiger partial charge in [-0.3, -0.25) is 4.79 Å². The second-order valence-electron chi connectivity index (χ2n) is 6.83. The monoisotopic (exact) mass is 397 g/mol. The van der Waals surface area contributed by atoms with E-state index < -0.39 is 0 Å². The van der Waals surface area contributed by atoms with Crippen LogP contribution in [0.1, 0.15) is 35.2 Å². The molecule has 144 valence electrons. The summed E-state index contributed by atoms with van der Waals surface area (Å²) in [7, 11) is 0. The fraction of sp³-hybridized carbons (Fsp3) is 0.316. The number of benzene rings is 1. The van der Waals surface area contributed by atoms with Crippen LogP contribution in [-0.2, 0) is 0 Å². The maximum Gasteiger partial charge on any atom is 0.253 e. The summed E-state index contributed by atoms with van der Waals surface area (Å²) >= 11 is 5.79. The number of carbonyl (C=O) groups is 1. The summed E-state index contributed by atoms with van der Waals surface area (Å²) in [6, 6.07) is 5.72. The first-order valence-corrected chi connectivity index (χ1v) is 9.50. The van der Waals surface area contributed by atoms with E-state index in [-0.39, 0.29) is 18.0 Å². The van der Waals surface area contributed by atoms with Crippen molar-refractivity contribution in [3.8, 4) is 5.69 Å². The zero-order valence-corrected chi connectivity index (χ0v) is 16.1. The van der Waals surface area contributed by atoms with E-state index in [9.17, 15) is 4.79 Å². The van der Waals surface area contributed by atoms with Crippen LogP contribution in [0.5, 0.6) is 0 Å². The maximum absolute atomic E-state index is 13.1. The van der Waals surface area contributed by atoms with Gasteiger partial charge in [-0.25, -0.2) is 9.97 Å². The van der Waals surface area contributed by atoms with Crippen LogP contribution >= 0.6 is 11.6 Å². The van der Waals surface area contributed by atoms with E-state index in [0.29, 0.717) is 22.2 Å². The lowest BCUT2D eigenvalue weighted by atomic mass is 10.1. The van der Waals surface area contributed by atoms with E-state index in [2.05, 4.69) is 30.8 Å². The van der Waals surface area contributed by atoms with Crippen molar-refractivity contribution in [3.63, 3.8) is 0 Å². The molecule has 2 heterocycles. The molecule has 0 aliphatic heterocycles. The van der Waals surface area contributed by atoms with E-state index in [1.54, 1.807) is 18.6 Å². The number of hydrogen-bond acceptors (Lipinski definition) is 6. The zero-order chi connectivity index (χ0) is 19.5. The molecular formula is C19H20ClN7O. The second kappa shape index (κ2) is 7.93. The van der Waals surface area contributed by atoms with Gasteiger partial charge < -0.3 is 10.6 Å². The lowest BCUT2D eigenvalue weighted by molar-refractivity contribution is 0.0935. The molecule has 0 saturated heterocycles. The molecule has 9 heteroatoms. The summed E-state index contributed by atoms with van der Waals surface area (Å²) in [6.45, 7) is 1.95. The molecule has 1 saturated carbocycles. The van der Waals surface area contributed by atoms with Gasteiger partial charge in [0.15, 0.2) is 0 Å². The molecule has 0 bridgehead atoms. The minimum atomic E-state index is -0.142. The Morgan fingerprint density at radius 2 is 1.93 bits per heavy atom. The molecule has 1 fully saturated rings. The Bertz CT molecular complexity index is 959. The van der Waals surface area contributed by atoms with Crippen molar-refractivity contribution in [2.24, 2.45) is 0 Å². The minimum absolute atomic E-state index is 0.0103. The molecule has 1 aliphatic carbocycles. The van der Waals surface area contributed by atoms with Crippen LogP contribution in [0.25, 0.3) is 5.69 Å². The highest BCUT2D eigenvalue weighted by Gasteiger charge is 2.30. The molecule has 0 radical (unpaired) electrons. The van der Waals surface area contributed by atoms with Crippen molar-refractivity contribution in [2.45, 2.75) is 38.3 Å². The quantitative estimate of drug-likeness (QED) is 0.687. The average Bonchev–Trinajstić information content (AvgIpc) is 3.36. The fourth-order valence-corrected chi connectivity index (χ4v) is 3.57. The summed E-state index contributed by atoms with van der Waals surface area (Å²) in [5, 5.41) is 15.2. The molecule has 1 amide bonds. The molecule has 1 aliphatic rings. The van der Waals surface area contributed by atoms with Gasteiger partial charge in [0.25, 0.3) is 5.91 Å². The van der Waals surface area contributed by atoms with Gasteiger partial charge in [-0.1, -0.05) is 23.2 Å². The third kappa shape index (κ3) is 3.96. The summed E-state index contributed by atoms with van der Waals surface area (Å²) in [5.41, 5.74) is 2.20. The van der Waals surface area contributed by atoms with Gasteiger partial charge >= 0.3 is 0 Å². The van der Waals surface area contributed by atoms with Crippen molar-refractivity contribution >= 4 is 23.3 Å². The summed E-state index contributed by atoms with van der Waals surface area (Å²) in [4.78, 5) is 22.8. The Hall–Kier alpha value is -3.00. The molecule has 8 nitrogen and oxygen atoms in total. The standard InChI is InChI=1S/C19H20ClN7O/c1-12-5-6-16(27-23-7-8-24-27)13(9-12)19(28)26-15-4-2-3-14(15)25-18-11-21-17(20)10-22-18/h5-11,14-15H,2-4H2,1H3,(H,22,25)(H,26,28)/t14-,15?/m0/s1. The van der Waals surface area contributed by atoms with Gasteiger partial charge in [0.1, 0.15) is 11.0 Å². The highest BCUT2D eigenvalue weighted by Crippen LogP contribution is 2.24. The lowest BCUT2D eigenvalue weighted by Gasteiger charge is -2.23. The number of nitrogens with zero attached hydrogens (tertiary/aromatic N) is 5. The summed E-state index contributed by atoms with van der Waals surface area (Å²) < 4.78 is 0. The SMILES string of the molecule is Cc1ccc(-n2nccn2)c(C(=O)NC2CCC[C@@H]2Nc2cnc(Cl)cn2)c1. The maximum atomic E-state index is 13.1. The van der Waals surface area contributed by atoms with Crippen LogP contribution < -0.4 is 10.6 Å². The number of aromatic nitrogens is 5. The van der Waals surface area contributed by atoms with Crippen LogP contribution in [0.15, 0.2) is 43.0 Å². The molecule has 1 aromatic carbocycles. The van der Waals surface area contributed by atoms with E-state index in [4.69, 9.17) is 11.6 Å². The topological polar surface area (TPSA) is 97.6 Å². The van der Waals surface area contributed by atoms with Crippen LogP contribution in [0.4, 0.5) is 5.82 Å².